The average molecular weight is 296 g/mol. The topological polar surface area (TPSA) is 90.5 Å². The van der Waals surface area contributed by atoms with E-state index in [-0.39, 0.29) is 17.8 Å². The van der Waals surface area contributed by atoms with E-state index in [0.29, 0.717) is 18.9 Å². The molecule has 2 rings (SSSR count). The summed E-state index contributed by atoms with van der Waals surface area (Å²) in [6.45, 7) is 3.55. The Kier molecular flexibility index (Phi) is 4.89. The van der Waals surface area contributed by atoms with Crippen LogP contribution in [0.25, 0.3) is 0 Å². The van der Waals surface area contributed by atoms with Crippen LogP contribution in [0.1, 0.15) is 25.1 Å². The highest BCUT2D eigenvalue weighted by molar-refractivity contribution is 5.75. The lowest BCUT2D eigenvalue weighted by molar-refractivity contribution is -0.392. The molecule has 116 valence electrons. The van der Waals surface area contributed by atoms with E-state index in [1.165, 1.54) is 13.3 Å². The molecule has 2 heterocycles. The van der Waals surface area contributed by atoms with Crippen LogP contribution in [-0.4, -0.2) is 51.6 Å². The fourth-order valence-corrected chi connectivity index (χ4v) is 2.77. The molecule has 1 aromatic heterocycles. The molecule has 1 aliphatic rings. The highest BCUT2D eigenvalue weighted by atomic mass is 16.6. The molecule has 21 heavy (non-hydrogen) atoms. The van der Waals surface area contributed by atoms with Crippen molar-refractivity contribution in [2.75, 3.05) is 20.2 Å². The Morgan fingerprint density at radius 1 is 1.52 bits per heavy atom. The molecule has 1 aromatic rings. The third-order valence-corrected chi connectivity index (χ3v) is 3.92. The van der Waals surface area contributed by atoms with E-state index < -0.39 is 4.92 Å². The van der Waals surface area contributed by atoms with Gasteiger partial charge >= 0.3 is 11.8 Å². The molecule has 0 amide bonds. The van der Waals surface area contributed by atoms with Gasteiger partial charge in [0.15, 0.2) is 5.82 Å². The van der Waals surface area contributed by atoms with Crippen LogP contribution in [0.15, 0.2) is 6.20 Å². The Morgan fingerprint density at radius 3 is 2.95 bits per heavy atom. The Hall–Kier alpha value is -1.96. The number of nitro groups is 1. The summed E-state index contributed by atoms with van der Waals surface area (Å²) in [5.74, 6) is 0.360. The molecule has 0 bridgehead atoms. The minimum Gasteiger partial charge on any atom is -0.468 e. The van der Waals surface area contributed by atoms with E-state index >= 15 is 0 Å². The number of nitrogens with zero attached hydrogens (tertiary/aromatic N) is 4. The van der Waals surface area contributed by atoms with E-state index in [9.17, 15) is 14.9 Å². The van der Waals surface area contributed by atoms with Crippen LogP contribution in [0.4, 0.5) is 5.82 Å². The van der Waals surface area contributed by atoms with Crippen molar-refractivity contribution in [3.05, 3.63) is 22.1 Å². The molecule has 0 radical (unpaired) electrons. The Morgan fingerprint density at radius 2 is 2.29 bits per heavy atom. The molecule has 0 aromatic carbocycles. The average Bonchev–Trinajstić information content (AvgIpc) is 2.86. The summed E-state index contributed by atoms with van der Waals surface area (Å²) in [7, 11) is 1.39. The van der Waals surface area contributed by atoms with Crippen LogP contribution in [0, 0.1) is 17.0 Å². The van der Waals surface area contributed by atoms with Gasteiger partial charge in [0.2, 0.25) is 0 Å². The van der Waals surface area contributed by atoms with Gasteiger partial charge in [0, 0.05) is 13.5 Å². The van der Waals surface area contributed by atoms with E-state index in [2.05, 4.69) is 4.98 Å². The summed E-state index contributed by atoms with van der Waals surface area (Å²) in [5.41, 5.74) is 0. The quantitative estimate of drug-likeness (QED) is 0.459. The smallest absolute Gasteiger partial charge is 0.342 e. The van der Waals surface area contributed by atoms with Crippen molar-refractivity contribution >= 4 is 11.8 Å². The minimum atomic E-state index is -0.437. The van der Waals surface area contributed by atoms with Crippen LogP contribution in [0.3, 0.4) is 0 Å². The van der Waals surface area contributed by atoms with Gasteiger partial charge in [-0.05, 0) is 24.3 Å². The van der Waals surface area contributed by atoms with Crippen molar-refractivity contribution in [2.45, 2.75) is 38.8 Å². The third-order valence-electron chi connectivity index (χ3n) is 3.92. The largest absolute Gasteiger partial charge is 0.468 e. The van der Waals surface area contributed by atoms with Crippen LogP contribution in [0.5, 0.6) is 0 Å². The summed E-state index contributed by atoms with van der Waals surface area (Å²) in [6, 6.07) is -0.244. The maximum atomic E-state index is 11.8. The zero-order chi connectivity index (χ0) is 15.4. The van der Waals surface area contributed by atoms with Gasteiger partial charge in [-0.3, -0.25) is 9.69 Å². The maximum Gasteiger partial charge on any atom is 0.342 e. The number of imidazole rings is 1. The highest BCUT2D eigenvalue weighted by Gasteiger charge is 2.30. The van der Waals surface area contributed by atoms with Gasteiger partial charge in [-0.2, -0.15) is 0 Å². The number of hydrogen-bond acceptors (Lipinski definition) is 6. The summed E-state index contributed by atoms with van der Waals surface area (Å²) >= 11 is 0. The van der Waals surface area contributed by atoms with Gasteiger partial charge in [-0.25, -0.2) is 9.55 Å². The van der Waals surface area contributed by atoms with Gasteiger partial charge in [0.1, 0.15) is 18.8 Å². The molecular formula is C13H20N4O4. The molecule has 8 heteroatoms. The first-order valence-electron chi connectivity index (χ1n) is 7.03. The van der Waals surface area contributed by atoms with Gasteiger partial charge in [0.25, 0.3) is 0 Å². The normalized spacial score (nSPS) is 19.4. The fourth-order valence-electron chi connectivity index (χ4n) is 2.77. The second-order valence-corrected chi connectivity index (χ2v) is 5.14. The van der Waals surface area contributed by atoms with Crippen molar-refractivity contribution in [2.24, 2.45) is 0 Å². The molecule has 1 aliphatic heterocycles. The number of methoxy groups -OCH3 is 1. The van der Waals surface area contributed by atoms with Crippen molar-refractivity contribution in [3.63, 3.8) is 0 Å². The maximum absolute atomic E-state index is 11.8. The predicted octanol–water partition coefficient (Wildman–Crippen LogP) is 1.13. The molecule has 0 spiro atoms. The van der Waals surface area contributed by atoms with Crippen LogP contribution in [0.2, 0.25) is 0 Å². The van der Waals surface area contributed by atoms with Gasteiger partial charge in [-0.15, -0.1) is 0 Å². The van der Waals surface area contributed by atoms with Crippen molar-refractivity contribution in [1.29, 1.82) is 0 Å². The van der Waals surface area contributed by atoms with Crippen molar-refractivity contribution in [3.8, 4) is 0 Å². The number of aromatic nitrogens is 2. The highest BCUT2D eigenvalue weighted by Crippen LogP contribution is 2.19. The number of rotatable bonds is 5. The second kappa shape index (κ2) is 6.66. The Labute approximate surface area is 122 Å². The van der Waals surface area contributed by atoms with Crippen LogP contribution < -0.4 is 0 Å². The first kappa shape index (κ1) is 15.4. The van der Waals surface area contributed by atoms with E-state index in [1.54, 1.807) is 11.5 Å². The van der Waals surface area contributed by atoms with Crippen LogP contribution in [-0.2, 0) is 16.1 Å². The van der Waals surface area contributed by atoms with Gasteiger partial charge < -0.3 is 14.9 Å². The van der Waals surface area contributed by atoms with Gasteiger partial charge in [-0.1, -0.05) is 6.42 Å². The number of aryl methyl sites for hydroxylation is 1. The third kappa shape index (κ3) is 3.38. The minimum absolute atomic E-state index is 0.0147. The van der Waals surface area contributed by atoms with Gasteiger partial charge in [0.05, 0.1) is 7.11 Å². The first-order valence-corrected chi connectivity index (χ1v) is 7.03. The number of piperidine rings is 1. The van der Waals surface area contributed by atoms with E-state index in [1.807, 2.05) is 4.90 Å². The zero-order valence-electron chi connectivity index (χ0n) is 12.3. The lowest BCUT2D eigenvalue weighted by atomic mass is 10.0. The molecule has 1 atom stereocenters. The summed E-state index contributed by atoms with van der Waals surface area (Å²) in [6.07, 6.45) is 4.07. The molecule has 0 unspecified atom stereocenters. The summed E-state index contributed by atoms with van der Waals surface area (Å²) < 4.78 is 6.41. The first-order chi connectivity index (χ1) is 10.0. The number of likely N-dealkylation sites (tertiary alicyclic amines) is 1. The number of carbonyl (C=O) groups is 1. The predicted molar refractivity (Wildman–Crippen MR) is 74.8 cm³/mol. The number of ether oxygens (including phenoxy) is 1. The Balaban J connectivity index is 2.06. The van der Waals surface area contributed by atoms with Crippen molar-refractivity contribution in [1.82, 2.24) is 14.5 Å². The van der Waals surface area contributed by atoms with E-state index in [0.717, 1.165) is 25.8 Å². The molecular weight excluding hydrogens is 276 g/mol. The monoisotopic (exact) mass is 296 g/mol. The molecule has 0 saturated carbocycles. The lowest BCUT2D eigenvalue weighted by Crippen LogP contribution is -2.46. The summed E-state index contributed by atoms with van der Waals surface area (Å²) in [5, 5.41) is 11.0. The fraction of sp³-hybridized carbons (Fsp3) is 0.692. The van der Waals surface area contributed by atoms with Crippen molar-refractivity contribution < 1.29 is 14.5 Å². The lowest BCUT2D eigenvalue weighted by Gasteiger charge is -2.33. The standard InChI is InChI=1S/C13H20N4O4/c1-10-14-9-12(17(19)20)16(10)8-7-15-6-4-3-5-11(15)13(18)21-2/h9,11H,3-8H2,1-2H3/t11-/m1/s1. The molecule has 0 aliphatic carbocycles. The summed E-state index contributed by atoms with van der Waals surface area (Å²) in [4.78, 5) is 28.3. The van der Waals surface area contributed by atoms with Crippen LogP contribution >= 0.6 is 0 Å². The number of carbonyl (C=O) groups excluding carboxylic acids is 1. The van der Waals surface area contributed by atoms with E-state index in [4.69, 9.17) is 4.74 Å². The Bertz CT molecular complexity index is 528. The zero-order valence-corrected chi connectivity index (χ0v) is 12.3. The number of hydrogen-bond donors (Lipinski definition) is 0. The second-order valence-electron chi connectivity index (χ2n) is 5.14. The molecule has 1 fully saturated rings. The molecule has 0 N–H and O–H groups in total. The number of esters is 1. The molecule has 8 nitrogen and oxygen atoms in total. The SMILES string of the molecule is COC(=O)[C@H]1CCCCN1CCn1c([N+](=O)[O-])cnc1C. The molecule has 1 saturated heterocycles.